The van der Waals surface area contributed by atoms with Gasteiger partial charge in [-0.05, 0) is 36.8 Å². The molecule has 1 heterocycles. The van der Waals surface area contributed by atoms with Gasteiger partial charge in [0.1, 0.15) is 6.54 Å². The highest BCUT2D eigenvalue weighted by atomic mass is 16.5. The summed E-state index contributed by atoms with van der Waals surface area (Å²) >= 11 is 0. The molecule has 1 amide bonds. The monoisotopic (exact) mass is 351 g/mol. The molecule has 3 rings (SSSR count). The second kappa shape index (κ2) is 7.18. The lowest BCUT2D eigenvalue weighted by Gasteiger charge is -2.09. The Morgan fingerprint density at radius 2 is 1.96 bits per heavy atom. The molecule has 1 aromatic heterocycles. The highest BCUT2D eigenvalue weighted by Gasteiger charge is 2.11. The number of ether oxygens (including phenoxy) is 1. The van der Waals surface area contributed by atoms with Gasteiger partial charge in [-0.15, -0.1) is 0 Å². The zero-order valence-corrected chi connectivity index (χ0v) is 14.4. The SMILES string of the molecule is COC(=O)c1cccc(NC(=O)Cn2cnc3c(C)cccc3c2=O)c1. The molecule has 0 atom stereocenters. The van der Waals surface area contributed by atoms with Gasteiger partial charge in [0.05, 0.1) is 29.9 Å². The second-order valence-electron chi connectivity index (χ2n) is 5.77. The first kappa shape index (κ1) is 17.3. The number of amides is 1. The number of nitrogens with one attached hydrogen (secondary N) is 1. The first-order valence-electron chi connectivity index (χ1n) is 7.92. The molecule has 0 bridgehead atoms. The van der Waals surface area contributed by atoms with E-state index < -0.39 is 11.9 Å². The molecule has 0 saturated carbocycles. The van der Waals surface area contributed by atoms with Crippen LogP contribution >= 0.6 is 0 Å². The molecule has 0 aliphatic heterocycles. The number of aromatic nitrogens is 2. The normalized spacial score (nSPS) is 10.5. The molecule has 7 heteroatoms. The molecule has 1 N–H and O–H groups in total. The molecule has 0 radical (unpaired) electrons. The summed E-state index contributed by atoms with van der Waals surface area (Å²) in [7, 11) is 1.29. The quantitative estimate of drug-likeness (QED) is 0.727. The second-order valence-corrected chi connectivity index (χ2v) is 5.77. The van der Waals surface area contributed by atoms with E-state index >= 15 is 0 Å². The van der Waals surface area contributed by atoms with Gasteiger partial charge in [0.25, 0.3) is 5.56 Å². The van der Waals surface area contributed by atoms with Crippen LogP contribution in [0.3, 0.4) is 0 Å². The van der Waals surface area contributed by atoms with Crippen molar-refractivity contribution in [1.82, 2.24) is 9.55 Å². The van der Waals surface area contributed by atoms with Crippen molar-refractivity contribution in [3.05, 3.63) is 70.3 Å². The largest absolute Gasteiger partial charge is 0.465 e. The van der Waals surface area contributed by atoms with E-state index in [-0.39, 0.29) is 12.1 Å². The fraction of sp³-hybridized carbons (Fsp3) is 0.158. The third-order valence-electron chi connectivity index (χ3n) is 3.94. The Morgan fingerprint density at radius 3 is 2.73 bits per heavy atom. The maximum Gasteiger partial charge on any atom is 0.337 e. The number of para-hydroxylation sites is 1. The molecule has 0 unspecified atom stereocenters. The Balaban J connectivity index is 1.81. The van der Waals surface area contributed by atoms with Gasteiger partial charge in [-0.1, -0.05) is 18.2 Å². The average Bonchev–Trinajstić information content (AvgIpc) is 2.64. The maximum absolute atomic E-state index is 12.5. The number of benzene rings is 2. The summed E-state index contributed by atoms with van der Waals surface area (Å²) in [5.41, 5.74) is 2.01. The van der Waals surface area contributed by atoms with Crippen LogP contribution in [-0.4, -0.2) is 28.5 Å². The number of anilines is 1. The van der Waals surface area contributed by atoms with Crippen molar-refractivity contribution in [2.24, 2.45) is 0 Å². The van der Waals surface area contributed by atoms with Crippen LogP contribution in [0.1, 0.15) is 15.9 Å². The van der Waals surface area contributed by atoms with E-state index in [0.29, 0.717) is 22.2 Å². The summed E-state index contributed by atoms with van der Waals surface area (Å²) in [6.45, 7) is 1.69. The zero-order chi connectivity index (χ0) is 18.7. The van der Waals surface area contributed by atoms with Crippen LogP contribution in [0.15, 0.2) is 53.6 Å². The van der Waals surface area contributed by atoms with Gasteiger partial charge in [0.2, 0.25) is 5.91 Å². The van der Waals surface area contributed by atoms with Crippen molar-refractivity contribution in [3.63, 3.8) is 0 Å². The van der Waals surface area contributed by atoms with Crippen LogP contribution < -0.4 is 10.9 Å². The van der Waals surface area contributed by atoms with Gasteiger partial charge in [0, 0.05) is 5.69 Å². The molecule has 3 aromatic rings. The summed E-state index contributed by atoms with van der Waals surface area (Å²) in [6.07, 6.45) is 1.36. The number of esters is 1. The van der Waals surface area contributed by atoms with Crippen LogP contribution in [0.5, 0.6) is 0 Å². The smallest absolute Gasteiger partial charge is 0.337 e. The maximum atomic E-state index is 12.5. The van der Waals surface area contributed by atoms with Crippen molar-refractivity contribution < 1.29 is 14.3 Å². The lowest BCUT2D eigenvalue weighted by atomic mass is 10.1. The number of nitrogens with zero attached hydrogens (tertiary/aromatic N) is 2. The molecule has 26 heavy (non-hydrogen) atoms. The number of hydrogen-bond donors (Lipinski definition) is 1. The number of hydrogen-bond acceptors (Lipinski definition) is 5. The van der Waals surface area contributed by atoms with E-state index in [2.05, 4.69) is 15.0 Å². The van der Waals surface area contributed by atoms with Crippen LogP contribution in [0.2, 0.25) is 0 Å². The predicted octanol–water partition coefficient (Wildman–Crippen LogP) is 2.13. The minimum Gasteiger partial charge on any atom is -0.465 e. The molecule has 2 aromatic carbocycles. The van der Waals surface area contributed by atoms with Gasteiger partial charge >= 0.3 is 5.97 Å². The van der Waals surface area contributed by atoms with E-state index in [1.54, 1.807) is 30.3 Å². The van der Waals surface area contributed by atoms with Gasteiger partial charge in [-0.25, -0.2) is 9.78 Å². The van der Waals surface area contributed by atoms with E-state index in [4.69, 9.17) is 0 Å². The van der Waals surface area contributed by atoms with Crippen LogP contribution in [-0.2, 0) is 16.1 Å². The summed E-state index contributed by atoms with van der Waals surface area (Å²) in [4.78, 5) is 40.6. The number of aryl methyl sites for hydroxylation is 1. The van der Waals surface area contributed by atoms with Crippen LogP contribution in [0.25, 0.3) is 10.9 Å². The van der Waals surface area contributed by atoms with Crippen molar-refractivity contribution in [2.45, 2.75) is 13.5 Å². The lowest BCUT2D eigenvalue weighted by molar-refractivity contribution is -0.116. The molecule has 0 saturated heterocycles. The molecular formula is C19H17N3O4. The summed E-state index contributed by atoms with van der Waals surface area (Å²) in [5, 5.41) is 3.13. The number of carbonyl (C=O) groups excluding carboxylic acids is 2. The number of rotatable bonds is 4. The zero-order valence-electron chi connectivity index (χ0n) is 14.4. The Morgan fingerprint density at radius 1 is 1.19 bits per heavy atom. The Hall–Kier alpha value is -3.48. The topological polar surface area (TPSA) is 90.3 Å². The molecule has 132 valence electrons. The van der Waals surface area contributed by atoms with Crippen molar-refractivity contribution in [2.75, 3.05) is 12.4 Å². The van der Waals surface area contributed by atoms with E-state index in [1.165, 1.54) is 24.1 Å². The third-order valence-corrected chi connectivity index (χ3v) is 3.94. The fourth-order valence-electron chi connectivity index (χ4n) is 2.65. The fourth-order valence-corrected chi connectivity index (χ4v) is 2.65. The van der Waals surface area contributed by atoms with Crippen molar-refractivity contribution in [3.8, 4) is 0 Å². The summed E-state index contributed by atoms with van der Waals surface area (Å²) in [6, 6.07) is 11.7. The van der Waals surface area contributed by atoms with Gasteiger partial charge in [0.15, 0.2) is 0 Å². The molecule has 0 aliphatic carbocycles. The Labute approximate surface area is 149 Å². The van der Waals surface area contributed by atoms with Crippen molar-refractivity contribution in [1.29, 1.82) is 0 Å². The van der Waals surface area contributed by atoms with E-state index in [1.807, 2.05) is 13.0 Å². The van der Waals surface area contributed by atoms with Gasteiger partial charge in [-0.2, -0.15) is 0 Å². The number of methoxy groups -OCH3 is 1. The highest BCUT2D eigenvalue weighted by Crippen LogP contribution is 2.13. The average molecular weight is 351 g/mol. The van der Waals surface area contributed by atoms with Gasteiger partial charge < -0.3 is 10.1 Å². The van der Waals surface area contributed by atoms with E-state index in [0.717, 1.165) is 5.56 Å². The highest BCUT2D eigenvalue weighted by molar-refractivity contribution is 5.94. The first-order valence-corrected chi connectivity index (χ1v) is 7.92. The molecular weight excluding hydrogens is 334 g/mol. The first-order chi connectivity index (χ1) is 12.5. The minimum atomic E-state index is -0.494. The molecule has 0 aliphatic rings. The molecule has 0 spiro atoms. The summed E-state index contributed by atoms with van der Waals surface area (Å²) in [5.74, 6) is -0.894. The standard InChI is InChI=1S/C19H17N3O4/c1-12-5-3-8-15-17(12)20-11-22(18(15)24)10-16(23)21-14-7-4-6-13(9-14)19(25)26-2/h3-9,11H,10H2,1-2H3,(H,21,23). The van der Waals surface area contributed by atoms with Crippen LogP contribution in [0, 0.1) is 6.92 Å². The third kappa shape index (κ3) is 3.46. The lowest BCUT2D eigenvalue weighted by Crippen LogP contribution is -2.28. The Bertz CT molecular complexity index is 1060. The minimum absolute atomic E-state index is 0.182. The van der Waals surface area contributed by atoms with Crippen molar-refractivity contribution >= 4 is 28.5 Å². The van der Waals surface area contributed by atoms with E-state index in [9.17, 15) is 14.4 Å². The molecule has 0 fully saturated rings. The summed E-state index contributed by atoms with van der Waals surface area (Å²) < 4.78 is 5.90. The number of carbonyl (C=O) groups is 2. The van der Waals surface area contributed by atoms with Gasteiger partial charge in [-0.3, -0.25) is 14.2 Å². The predicted molar refractivity (Wildman–Crippen MR) is 97.2 cm³/mol. The molecule has 7 nitrogen and oxygen atoms in total. The number of fused-ring (bicyclic) bond motifs is 1. The Kier molecular flexibility index (Phi) is 4.79. The van der Waals surface area contributed by atoms with Crippen LogP contribution in [0.4, 0.5) is 5.69 Å².